The number of nitrogens with zero attached hydrogens (tertiary/aromatic N) is 3. The number of benzene rings is 2. The van der Waals surface area contributed by atoms with Crippen LogP contribution in [0.4, 0.5) is 5.82 Å². The summed E-state index contributed by atoms with van der Waals surface area (Å²) in [5, 5.41) is 4.37. The maximum atomic E-state index is 6.08. The van der Waals surface area contributed by atoms with E-state index in [-0.39, 0.29) is 0 Å². The summed E-state index contributed by atoms with van der Waals surface area (Å²) in [4.78, 5) is 8.66. The van der Waals surface area contributed by atoms with Gasteiger partial charge in [0.05, 0.1) is 11.0 Å². The molecule has 0 radical (unpaired) electrons. The third kappa shape index (κ3) is 3.48. The second kappa shape index (κ2) is 6.83. The van der Waals surface area contributed by atoms with Crippen LogP contribution in [0.15, 0.2) is 65.8 Å². The van der Waals surface area contributed by atoms with Crippen LogP contribution in [-0.4, -0.2) is 16.2 Å². The highest BCUT2D eigenvalue weighted by Gasteiger charge is 2.04. The van der Waals surface area contributed by atoms with Crippen molar-refractivity contribution in [3.8, 4) is 0 Å². The van der Waals surface area contributed by atoms with Gasteiger partial charge in [0.1, 0.15) is 0 Å². The Balaban J connectivity index is 1.70. The molecule has 0 aliphatic heterocycles. The molecule has 0 bridgehead atoms. The van der Waals surface area contributed by atoms with Crippen LogP contribution in [0.2, 0.25) is 5.15 Å². The molecule has 0 saturated carbocycles. The average Bonchev–Trinajstić information content (AvgIpc) is 2.56. The summed E-state index contributed by atoms with van der Waals surface area (Å²) in [6.45, 7) is 0. The molecule has 3 rings (SSSR count). The molecule has 1 heterocycles. The lowest BCUT2D eigenvalue weighted by Crippen LogP contribution is -1.96. The van der Waals surface area contributed by atoms with Gasteiger partial charge in [0.25, 0.3) is 0 Å². The standard InChI is InChI=1S/C17H13ClN4/c18-16-17(21-15-11-5-4-10-14(15)20-16)22-19-12-6-9-13-7-2-1-3-8-13/h1-12H,(H,21,22). The highest BCUT2D eigenvalue weighted by atomic mass is 35.5. The zero-order valence-electron chi connectivity index (χ0n) is 11.6. The second-order valence-corrected chi connectivity index (χ2v) is 4.87. The van der Waals surface area contributed by atoms with Crippen molar-refractivity contribution < 1.29 is 0 Å². The van der Waals surface area contributed by atoms with Crippen molar-refractivity contribution >= 4 is 40.7 Å². The lowest BCUT2D eigenvalue weighted by Gasteiger charge is -2.03. The van der Waals surface area contributed by atoms with Crippen molar-refractivity contribution in [1.82, 2.24) is 9.97 Å². The zero-order chi connectivity index (χ0) is 15.2. The van der Waals surface area contributed by atoms with E-state index in [0.717, 1.165) is 16.6 Å². The van der Waals surface area contributed by atoms with Crippen LogP contribution in [0, 0.1) is 0 Å². The Morgan fingerprint density at radius 2 is 1.59 bits per heavy atom. The average molecular weight is 309 g/mol. The molecule has 3 aromatic rings. The number of hydrazone groups is 1. The van der Waals surface area contributed by atoms with E-state index in [1.807, 2.05) is 66.7 Å². The first-order chi connectivity index (χ1) is 10.8. The molecular weight excluding hydrogens is 296 g/mol. The fourth-order valence-electron chi connectivity index (χ4n) is 1.91. The molecule has 1 aromatic heterocycles. The first-order valence-electron chi connectivity index (χ1n) is 6.76. The number of hydrogen-bond acceptors (Lipinski definition) is 4. The number of aromatic nitrogens is 2. The summed E-state index contributed by atoms with van der Waals surface area (Å²) in [7, 11) is 0. The van der Waals surface area contributed by atoms with Gasteiger partial charge in [-0.25, -0.2) is 9.97 Å². The Bertz CT molecular complexity index is 828. The Kier molecular flexibility index (Phi) is 4.41. The third-order valence-electron chi connectivity index (χ3n) is 2.95. The van der Waals surface area contributed by atoms with Crippen LogP contribution in [0.25, 0.3) is 17.1 Å². The molecular formula is C17H13ClN4. The van der Waals surface area contributed by atoms with Crippen molar-refractivity contribution in [2.45, 2.75) is 0 Å². The Morgan fingerprint density at radius 3 is 2.36 bits per heavy atom. The predicted molar refractivity (Wildman–Crippen MR) is 92.1 cm³/mol. The molecule has 0 unspecified atom stereocenters. The summed E-state index contributed by atoms with van der Waals surface area (Å²) >= 11 is 6.08. The van der Waals surface area contributed by atoms with Gasteiger partial charge in [0.2, 0.25) is 0 Å². The number of para-hydroxylation sites is 2. The summed E-state index contributed by atoms with van der Waals surface area (Å²) < 4.78 is 0. The molecule has 108 valence electrons. The minimum Gasteiger partial charge on any atom is -0.259 e. The Morgan fingerprint density at radius 1 is 0.909 bits per heavy atom. The number of anilines is 1. The smallest absolute Gasteiger partial charge is 0.185 e. The predicted octanol–water partition coefficient (Wildman–Crippen LogP) is 4.39. The van der Waals surface area contributed by atoms with Crippen molar-refractivity contribution in [3.05, 3.63) is 71.4 Å². The zero-order valence-corrected chi connectivity index (χ0v) is 12.4. The molecule has 0 atom stereocenters. The van der Waals surface area contributed by atoms with Gasteiger partial charge in [0, 0.05) is 6.21 Å². The van der Waals surface area contributed by atoms with E-state index in [0.29, 0.717) is 11.0 Å². The molecule has 0 saturated heterocycles. The number of nitrogens with one attached hydrogen (secondary N) is 1. The third-order valence-corrected chi connectivity index (χ3v) is 3.21. The van der Waals surface area contributed by atoms with E-state index >= 15 is 0 Å². The quantitative estimate of drug-likeness (QED) is 0.574. The van der Waals surface area contributed by atoms with Gasteiger partial charge < -0.3 is 0 Å². The molecule has 0 amide bonds. The maximum absolute atomic E-state index is 6.08. The normalized spacial score (nSPS) is 11.5. The highest BCUT2D eigenvalue weighted by Crippen LogP contribution is 2.20. The fraction of sp³-hybridized carbons (Fsp3) is 0. The van der Waals surface area contributed by atoms with Crippen molar-refractivity contribution in [3.63, 3.8) is 0 Å². The highest BCUT2D eigenvalue weighted by molar-refractivity contribution is 6.32. The van der Waals surface area contributed by atoms with Crippen molar-refractivity contribution in [2.75, 3.05) is 5.43 Å². The van der Waals surface area contributed by atoms with Crippen LogP contribution in [0.3, 0.4) is 0 Å². The number of allylic oxidation sites excluding steroid dienone is 1. The number of hydrogen-bond donors (Lipinski definition) is 1. The number of rotatable bonds is 4. The lowest BCUT2D eigenvalue weighted by molar-refractivity contribution is 1.22. The topological polar surface area (TPSA) is 50.2 Å². The molecule has 1 N–H and O–H groups in total. The first kappa shape index (κ1) is 14.2. The number of halogens is 1. The Hall–Kier alpha value is -2.72. The van der Waals surface area contributed by atoms with Gasteiger partial charge in [-0.3, -0.25) is 5.43 Å². The molecule has 0 aliphatic rings. The molecule has 4 nitrogen and oxygen atoms in total. The van der Waals surface area contributed by atoms with Gasteiger partial charge in [-0.15, -0.1) is 0 Å². The van der Waals surface area contributed by atoms with Gasteiger partial charge in [-0.05, 0) is 23.8 Å². The van der Waals surface area contributed by atoms with E-state index in [1.165, 1.54) is 0 Å². The van der Waals surface area contributed by atoms with Gasteiger partial charge in [0.15, 0.2) is 11.0 Å². The molecule has 0 fully saturated rings. The van der Waals surface area contributed by atoms with Crippen LogP contribution < -0.4 is 5.43 Å². The maximum Gasteiger partial charge on any atom is 0.185 e. The first-order valence-corrected chi connectivity index (χ1v) is 7.14. The van der Waals surface area contributed by atoms with E-state index in [2.05, 4.69) is 20.5 Å². The minimum atomic E-state index is 0.294. The largest absolute Gasteiger partial charge is 0.259 e. The second-order valence-electron chi connectivity index (χ2n) is 4.51. The molecule has 0 aliphatic carbocycles. The number of fused-ring (bicyclic) bond motifs is 1. The summed E-state index contributed by atoms with van der Waals surface area (Å²) in [5.41, 5.74) is 5.44. The SMILES string of the molecule is Clc1nc2ccccc2nc1NN=CC=Cc1ccccc1. The van der Waals surface area contributed by atoms with Gasteiger partial charge >= 0.3 is 0 Å². The van der Waals surface area contributed by atoms with E-state index in [4.69, 9.17) is 11.6 Å². The van der Waals surface area contributed by atoms with Crippen LogP contribution in [0.1, 0.15) is 5.56 Å². The van der Waals surface area contributed by atoms with Crippen LogP contribution in [-0.2, 0) is 0 Å². The Labute approximate surface area is 133 Å². The molecule has 2 aromatic carbocycles. The molecule has 22 heavy (non-hydrogen) atoms. The van der Waals surface area contributed by atoms with Crippen LogP contribution in [0.5, 0.6) is 0 Å². The molecule has 0 spiro atoms. The summed E-state index contributed by atoms with van der Waals surface area (Å²) in [6.07, 6.45) is 5.43. The van der Waals surface area contributed by atoms with Gasteiger partial charge in [-0.1, -0.05) is 60.1 Å². The monoisotopic (exact) mass is 308 g/mol. The van der Waals surface area contributed by atoms with Crippen molar-refractivity contribution in [1.29, 1.82) is 0 Å². The van der Waals surface area contributed by atoms with Gasteiger partial charge in [-0.2, -0.15) is 5.10 Å². The van der Waals surface area contributed by atoms with E-state index in [1.54, 1.807) is 6.21 Å². The van der Waals surface area contributed by atoms with Crippen LogP contribution >= 0.6 is 11.6 Å². The lowest BCUT2D eigenvalue weighted by atomic mass is 10.2. The summed E-state index contributed by atoms with van der Waals surface area (Å²) in [5.74, 6) is 0.435. The minimum absolute atomic E-state index is 0.294. The van der Waals surface area contributed by atoms with E-state index in [9.17, 15) is 0 Å². The summed E-state index contributed by atoms with van der Waals surface area (Å²) in [6, 6.07) is 17.5. The van der Waals surface area contributed by atoms with Crippen molar-refractivity contribution in [2.24, 2.45) is 5.10 Å². The molecule has 5 heteroatoms. The fourth-order valence-corrected chi connectivity index (χ4v) is 2.08. The van der Waals surface area contributed by atoms with E-state index < -0.39 is 0 Å².